The Balaban J connectivity index is 1.48. The van der Waals surface area contributed by atoms with Gasteiger partial charge in [0.2, 0.25) is 0 Å². The van der Waals surface area contributed by atoms with Crippen LogP contribution in [0.4, 0.5) is 11.5 Å². The normalized spacial score (nSPS) is 16.1. The summed E-state index contributed by atoms with van der Waals surface area (Å²) >= 11 is 1.37. The van der Waals surface area contributed by atoms with Crippen LogP contribution in [0.5, 0.6) is 5.75 Å². The second-order valence-electron chi connectivity index (χ2n) is 7.89. The Morgan fingerprint density at radius 2 is 2.12 bits per heavy atom. The molecule has 0 amide bonds. The summed E-state index contributed by atoms with van der Waals surface area (Å²) in [6.45, 7) is 3.03. The minimum Gasteiger partial charge on any atom is -0.488 e. The lowest BCUT2D eigenvalue weighted by molar-refractivity contribution is 0.0258. The van der Waals surface area contributed by atoms with Crippen molar-refractivity contribution in [2.45, 2.75) is 31.5 Å². The molecule has 0 saturated carbocycles. The van der Waals surface area contributed by atoms with Crippen LogP contribution in [0.3, 0.4) is 0 Å². The number of nitrogens with one attached hydrogen (secondary N) is 2. The van der Waals surface area contributed by atoms with E-state index < -0.39 is 5.60 Å². The lowest BCUT2D eigenvalue weighted by Crippen LogP contribution is -2.26. The van der Waals surface area contributed by atoms with Crippen LogP contribution in [0.2, 0.25) is 0 Å². The molecule has 1 atom stereocenters. The van der Waals surface area contributed by atoms with E-state index >= 15 is 0 Å². The molecule has 1 aliphatic heterocycles. The highest BCUT2D eigenvalue weighted by Gasteiger charge is 2.23. The van der Waals surface area contributed by atoms with Gasteiger partial charge in [-0.2, -0.15) is 0 Å². The molecule has 3 N–H and O–H groups in total. The number of benzene rings is 1. The number of hydrogen-bond donors (Lipinski definition) is 3. The fourth-order valence-electron chi connectivity index (χ4n) is 3.59. The van der Waals surface area contributed by atoms with E-state index in [1.54, 1.807) is 13.1 Å². The Hall–Kier alpha value is -3.45. The largest absolute Gasteiger partial charge is 0.488 e. The van der Waals surface area contributed by atoms with Gasteiger partial charge in [0, 0.05) is 36.2 Å². The molecule has 1 saturated heterocycles. The topological polar surface area (TPSA) is 105 Å². The van der Waals surface area contributed by atoms with Crippen molar-refractivity contribution in [3.05, 3.63) is 58.9 Å². The smallest absolute Gasteiger partial charge is 0.174 e. The molecule has 5 rings (SSSR count). The molecule has 9 heteroatoms. The van der Waals surface area contributed by atoms with Crippen LogP contribution in [-0.2, 0) is 10.3 Å². The highest BCUT2D eigenvalue weighted by Crippen LogP contribution is 2.32. The maximum Gasteiger partial charge on any atom is 0.174 e. The van der Waals surface area contributed by atoms with Crippen LogP contribution in [0.25, 0.3) is 11.0 Å². The molecular weight excluding hydrogens is 438 g/mol. The summed E-state index contributed by atoms with van der Waals surface area (Å²) in [6, 6.07) is 7.61. The standard InChI is InChI=1S/C24H23N5O3S/c1-24(30,23-26-10-13-33-23)8-4-16-2-3-20(32-17-6-11-31-12-7-17)19(14-16)29-22-18-5-9-25-21(18)27-15-28-22/h2-3,5,9-10,13-15,17,30H,6-7,11-12H2,1H3,(H2,25,27,28,29). The number of aliphatic hydroxyl groups is 1. The highest BCUT2D eigenvalue weighted by atomic mass is 32.1. The summed E-state index contributed by atoms with van der Waals surface area (Å²) < 4.78 is 11.8. The SMILES string of the molecule is CC(O)(C#Cc1ccc(OC2CCOCC2)c(Nc2ncnc3[nH]ccc23)c1)c1nccs1. The molecule has 4 aromatic rings. The zero-order valence-electron chi connectivity index (χ0n) is 18.0. The average molecular weight is 462 g/mol. The maximum absolute atomic E-state index is 10.7. The van der Waals surface area contributed by atoms with Crippen molar-refractivity contribution in [2.75, 3.05) is 18.5 Å². The third kappa shape index (κ3) is 4.83. The van der Waals surface area contributed by atoms with Gasteiger partial charge in [-0.1, -0.05) is 11.8 Å². The number of aromatic amines is 1. The Kier molecular flexibility index (Phi) is 5.96. The molecule has 33 heavy (non-hydrogen) atoms. The molecular formula is C24H23N5O3S. The summed E-state index contributed by atoms with van der Waals surface area (Å²) in [5.74, 6) is 7.38. The van der Waals surface area contributed by atoms with Gasteiger partial charge in [-0.3, -0.25) is 0 Å². The van der Waals surface area contributed by atoms with Gasteiger partial charge in [0.05, 0.1) is 24.3 Å². The first-order chi connectivity index (χ1) is 16.1. The first kappa shape index (κ1) is 21.4. The van der Waals surface area contributed by atoms with Crippen LogP contribution < -0.4 is 10.1 Å². The van der Waals surface area contributed by atoms with Gasteiger partial charge in [-0.25, -0.2) is 15.0 Å². The van der Waals surface area contributed by atoms with Gasteiger partial charge >= 0.3 is 0 Å². The van der Waals surface area contributed by atoms with E-state index in [-0.39, 0.29) is 6.10 Å². The fraction of sp³-hybridized carbons (Fsp3) is 0.292. The molecule has 1 fully saturated rings. The number of rotatable bonds is 5. The molecule has 1 aliphatic rings. The van der Waals surface area contributed by atoms with Crippen LogP contribution in [0.1, 0.15) is 30.3 Å². The third-order valence-corrected chi connectivity index (χ3v) is 6.33. The number of ether oxygens (including phenoxy) is 2. The van der Waals surface area contributed by atoms with Crippen molar-refractivity contribution in [3.63, 3.8) is 0 Å². The van der Waals surface area contributed by atoms with Gasteiger partial charge in [0.15, 0.2) is 5.60 Å². The van der Waals surface area contributed by atoms with E-state index in [0.717, 1.165) is 35.1 Å². The zero-order valence-corrected chi connectivity index (χ0v) is 18.9. The molecule has 1 aromatic carbocycles. The zero-order chi connectivity index (χ0) is 22.7. The summed E-state index contributed by atoms with van der Waals surface area (Å²) in [5, 5.41) is 17.3. The van der Waals surface area contributed by atoms with Gasteiger partial charge < -0.3 is 24.9 Å². The number of nitrogens with zero attached hydrogens (tertiary/aromatic N) is 3. The van der Waals surface area contributed by atoms with Crippen molar-refractivity contribution < 1.29 is 14.6 Å². The highest BCUT2D eigenvalue weighted by molar-refractivity contribution is 7.09. The van der Waals surface area contributed by atoms with Gasteiger partial charge in [-0.15, -0.1) is 11.3 Å². The molecule has 1 unspecified atom stereocenters. The lowest BCUT2D eigenvalue weighted by Gasteiger charge is -2.25. The van der Waals surface area contributed by atoms with E-state index in [9.17, 15) is 5.11 Å². The average Bonchev–Trinajstić information content (AvgIpc) is 3.53. The summed E-state index contributed by atoms with van der Waals surface area (Å²) in [6.07, 6.45) is 6.76. The minimum atomic E-state index is -1.33. The molecule has 3 aromatic heterocycles. The Bertz CT molecular complexity index is 1300. The summed E-state index contributed by atoms with van der Waals surface area (Å²) in [5.41, 5.74) is 0.884. The van der Waals surface area contributed by atoms with Gasteiger partial charge in [-0.05, 0) is 31.2 Å². The molecule has 0 radical (unpaired) electrons. The van der Waals surface area contributed by atoms with Crippen LogP contribution in [0, 0.1) is 11.8 Å². The van der Waals surface area contributed by atoms with Crippen LogP contribution in [-0.4, -0.2) is 44.4 Å². The van der Waals surface area contributed by atoms with Crippen LogP contribution in [0.15, 0.2) is 48.4 Å². The lowest BCUT2D eigenvalue weighted by atomic mass is 10.1. The molecule has 0 bridgehead atoms. The quantitative estimate of drug-likeness (QED) is 0.386. The number of anilines is 2. The van der Waals surface area contributed by atoms with E-state index in [1.165, 1.54) is 17.7 Å². The van der Waals surface area contributed by atoms with Crippen LogP contribution >= 0.6 is 11.3 Å². The third-order valence-electron chi connectivity index (χ3n) is 5.35. The number of aromatic nitrogens is 4. The Labute approximate surface area is 195 Å². The van der Waals surface area contributed by atoms with E-state index in [1.807, 2.05) is 35.8 Å². The van der Waals surface area contributed by atoms with Gasteiger partial charge in [0.25, 0.3) is 0 Å². The fourth-order valence-corrected chi connectivity index (χ4v) is 4.25. The molecule has 0 spiro atoms. The Morgan fingerprint density at radius 1 is 1.24 bits per heavy atom. The van der Waals surface area contributed by atoms with Crippen molar-refractivity contribution >= 4 is 33.9 Å². The minimum absolute atomic E-state index is 0.0829. The monoisotopic (exact) mass is 461 g/mol. The first-order valence-electron chi connectivity index (χ1n) is 10.7. The predicted molar refractivity (Wildman–Crippen MR) is 127 cm³/mol. The predicted octanol–water partition coefficient (Wildman–Crippen LogP) is 3.98. The second-order valence-corrected chi connectivity index (χ2v) is 8.78. The van der Waals surface area contributed by atoms with Crippen molar-refractivity contribution in [2.24, 2.45) is 0 Å². The number of fused-ring (bicyclic) bond motifs is 1. The number of thiazole rings is 1. The van der Waals surface area contributed by atoms with Crippen molar-refractivity contribution in [1.82, 2.24) is 19.9 Å². The van der Waals surface area contributed by atoms with Crippen molar-refractivity contribution in [3.8, 4) is 17.6 Å². The molecule has 8 nitrogen and oxygen atoms in total. The van der Waals surface area contributed by atoms with E-state index in [2.05, 4.69) is 37.1 Å². The molecule has 168 valence electrons. The van der Waals surface area contributed by atoms with Crippen molar-refractivity contribution in [1.29, 1.82) is 0 Å². The summed E-state index contributed by atoms with van der Waals surface area (Å²) in [7, 11) is 0. The molecule has 4 heterocycles. The number of hydrogen-bond acceptors (Lipinski definition) is 8. The van der Waals surface area contributed by atoms with E-state index in [4.69, 9.17) is 9.47 Å². The Morgan fingerprint density at radius 3 is 2.94 bits per heavy atom. The van der Waals surface area contributed by atoms with Gasteiger partial charge in [0.1, 0.15) is 34.7 Å². The second kappa shape index (κ2) is 9.19. The number of H-pyrrole nitrogens is 1. The maximum atomic E-state index is 10.7. The van der Waals surface area contributed by atoms with E-state index in [0.29, 0.717) is 29.8 Å². The molecule has 0 aliphatic carbocycles. The first-order valence-corrected chi connectivity index (χ1v) is 11.6. The summed E-state index contributed by atoms with van der Waals surface area (Å²) in [4.78, 5) is 15.9.